The lowest BCUT2D eigenvalue weighted by Gasteiger charge is -2.20. The molecule has 1 saturated carbocycles. The Labute approximate surface area is 173 Å². The highest BCUT2D eigenvalue weighted by Crippen LogP contribution is 2.47. The van der Waals surface area contributed by atoms with Crippen molar-refractivity contribution in [3.8, 4) is 17.2 Å². The van der Waals surface area contributed by atoms with E-state index in [2.05, 4.69) is 46.0 Å². The zero-order chi connectivity index (χ0) is 20.7. The van der Waals surface area contributed by atoms with Crippen LogP contribution in [0.2, 0.25) is 0 Å². The highest BCUT2D eigenvalue weighted by Gasteiger charge is 2.43. The van der Waals surface area contributed by atoms with Crippen LogP contribution < -0.4 is 24.8 Å². The first kappa shape index (κ1) is 20.8. The van der Waals surface area contributed by atoms with Crippen LogP contribution in [0.25, 0.3) is 0 Å². The maximum atomic E-state index is 5.67. The van der Waals surface area contributed by atoms with E-state index >= 15 is 0 Å². The monoisotopic (exact) mass is 397 g/mol. The number of hydrogen-bond acceptors (Lipinski definition) is 4. The number of aliphatic imine (C=N–C) groups is 1. The van der Waals surface area contributed by atoms with E-state index < -0.39 is 0 Å². The van der Waals surface area contributed by atoms with Gasteiger partial charge in [0.25, 0.3) is 0 Å². The van der Waals surface area contributed by atoms with Gasteiger partial charge in [-0.3, -0.25) is 4.99 Å². The molecule has 1 aliphatic carbocycles. The van der Waals surface area contributed by atoms with Crippen molar-refractivity contribution >= 4 is 5.96 Å². The van der Waals surface area contributed by atoms with Crippen molar-refractivity contribution in [3.63, 3.8) is 0 Å². The molecule has 0 spiro atoms. The molecular formula is C23H31N3O3. The first-order chi connectivity index (χ1) is 14.2. The molecule has 3 rings (SSSR count). The average Bonchev–Trinajstić information content (AvgIpc) is 3.56. The Bertz CT molecular complexity index is 808. The van der Waals surface area contributed by atoms with Crippen molar-refractivity contribution in [2.24, 2.45) is 4.99 Å². The fraction of sp³-hybridized carbons (Fsp3) is 0.435. The van der Waals surface area contributed by atoms with E-state index in [0.29, 0.717) is 30.4 Å². The number of guanidine groups is 1. The van der Waals surface area contributed by atoms with E-state index in [1.54, 1.807) is 21.3 Å². The summed E-state index contributed by atoms with van der Waals surface area (Å²) in [6, 6.07) is 14.6. The van der Waals surface area contributed by atoms with Crippen LogP contribution in [0, 0.1) is 0 Å². The van der Waals surface area contributed by atoms with Gasteiger partial charge in [0.05, 0.1) is 20.8 Å². The largest absolute Gasteiger partial charge is 0.493 e. The lowest BCUT2D eigenvalue weighted by Crippen LogP contribution is -2.40. The number of hydrogen-bond donors (Lipinski definition) is 2. The minimum Gasteiger partial charge on any atom is -0.493 e. The molecule has 0 amide bonds. The van der Waals surface area contributed by atoms with E-state index in [9.17, 15) is 0 Å². The molecule has 0 bridgehead atoms. The van der Waals surface area contributed by atoms with Gasteiger partial charge < -0.3 is 24.8 Å². The van der Waals surface area contributed by atoms with Crippen LogP contribution in [0.1, 0.15) is 30.9 Å². The Hall–Kier alpha value is -2.89. The number of benzene rings is 2. The van der Waals surface area contributed by atoms with Gasteiger partial charge in [-0.05, 0) is 43.0 Å². The Kier molecular flexibility index (Phi) is 6.86. The van der Waals surface area contributed by atoms with E-state index in [0.717, 1.165) is 18.1 Å². The van der Waals surface area contributed by atoms with Crippen molar-refractivity contribution in [1.29, 1.82) is 0 Å². The molecule has 0 saturated heterocycles. The second-order valence-electron chi connectivity index (χ2n) is 7.19. The minimum atomic E-state index is 0.227. The van der Waals surface area contributed by atoms with Gasteiger partial charge >= 0.3 is 0 Å². The number of methoxy groups -OCH3 is 2. The summed E-state index contributed by atoms with van der Waals surface area (Å²) in [7, 11) is 5.05. The summed E-state index contributed by atoms with van der Waals surface area (Å²) in [5, 5.41) is 6.86. The summed E-state index contributed by atoms with van der Waals surface area (Å²) in [5.41, 5.74) is 2.64. The molecule has 2 aromatic rings. The van der Waals surface area contributed by atoms with Crippen molar-refractivity contribution < 1.29 is 14.2 Å². The van der Waals surface area contributed by atoms with E-state index in [1.807, 2.05) is 19.1 Å². The average molecular weight is 398 g/mol. The zero-order valence-electron chi connectivity index (χ0n) is 17.7. The molecule has 0 radical (unpaired) electrons. The third-order valence-corrected chi connectivity index (χ3v) is 5.33. The van der Waals surface area contributed by atoms with Gasteiger partial charge in [-0.2, -0.15) is 0 Å². The SMILES string of the molecule is CCOc1c(OC)cc(CNC(=NC)NCC2(c3ccccc3)CC2)cc1OC. The molecule has 29 heavy (non-hydrogen) atoms. The predicted molar refractivity (Wildman–Crippen MR) is 116 cm³/mol. The minimum absolute atomic E-state index is 0.227. The maximum Gasteiger partial charge on any atom is 0.203 e. The highest BCUT2D eigenvalue weighted by molar-refractivity contribution is 5.79. The maximum absolute atomic E-state index is 5.67. The molecule has 6 nitrogen and oxygen atoms in total. The molecule has 0 aromatic heterocycles. The predicted octanol–water partition coefficient (Wildman–Crippen LogP) is 3.50. The molecule has 1 fully saturated rings. The van der Waals surface area contributed by atoms with Crippen molar-refractivity contribution in [1.82, 2.24) is 10.6 Å². The Balaban J connectivity index is 1.62. The Morgan fingerprint density at radius 3 is 2.21 bits per heavy atom. The summed E-state index contributed by atoms with van der Waals surface area (Å²) < 4.78 is 16.6. The smallest absolute Gasteiger partial charge is 0.203 e. The number of ether oxygens (including phenoxy) is 3. The fourth-order valence-corrected chi connectivity index (χ4v) is 3.49. The van der Waals surface area contributed by atoms with Gasteiger partial charge in [0.15, 0.2) is 17.5 Å². The van der Waals surface area contributed by atoms with Crippen LogP contribution in [0.3, 0.4) is 0 Å². The third-order valence-electron chi connectivity index (χ3n) is 5.33. The second kappa shape index (κ2) is 9.54. The van der Waals surface area contributed by atoms with Crippen LogP contribution >= 0.6 is 0 Å². The first-order valence-electron chi connectivity index (χ1n) is 10.0. The quantitative estimate of drug-likeness (QED) is 0.501. The Morgan fingerprint density at radius 2 is 1.69 bits per heavy atom. The van der Waals surface area contributed by atoms with Crippen LogP contribution in [0.15, 0.2) is 47.5 Å². The molecule has 1 aliphatic rings. The normalized spacial score (nSPS) is 14.8. The number of rotatable bonds is 9. The summed E-state index contributed by atoms with van der Waals surface area (Å²) in [6.07, 6.45) is 2.41. The van der Waals surface area contributed by atoms with Crippen LogP contribution in [0.5, 0.6) is 17.2 Å². The van der Waals surface area contributed by atoms with Crippen LogP contribution in [-0.2, 0) is 12.0 Å². The molecule has 0 unspecified atom stereocenters. The lowest BCUT2D eigenvalue weighted by molar-refractivity contribution is 0.288. The molecule has 2 N–H and O–H groups in total. The highest BCUT2D eigenvalue weighted by atomic mass is 16.5. The third kappa shape index (κ3) is 4.94. The van der Waals surface area contributed by atoms with Gasteiger partial charge in [-0.15, -0.1) is 0 Å². The molecule has 6 heteroatoms. The van der Waals surface area contributed by atoms with E-state index in [4.69, 9.17) is 14.2 Å². The number of nitrogens with one attached hydrogen (secondary N) is 2. The lowest BCUT2D eigenvalue weighted by atomic mass is 9.96. The van der Waals surface area contributed by atoms with Crippen LogP contribution in [-0.4, -0.2) is 40.4 Å². The zero-order valence-corrected chi connectivity index (χ0v) is 17.7. The summed E-state index contributed by atoms with van der Waals surface area (Å²) in [6.45, 7) is 3.94. The molecule has 0 atom stereocenters. The first-order valence-corrected chi connectivity index (χ1v) is 10.0. The molecule has 0 aliphatic heterocycles. The Morgan fingerprint density at radius 1 is 1.03 bits per heavy atom. The number of nitrogens with zero attached hydrogens (tertiary/aromatic N) is 1. The van der Waals surface area contributed by atoms with Crippen molar-refractivity contribution in [3.05, 3.63) is 53.6 Å². The topological polar surface area (TPSA) is 64.1 Å². The summed E-state index contributed by atoms with van der Waals surface area (Å²) in [4.78, 5) is 4.37. The summed E-state index contributed by atoms with van der Waals surface area (Å²) in [5.74, 6) is 2.72. The van der Waals surface area contributed by atoms with E-state index in [1.165, 1.54) is 18.4 Å². The van der Waals surface area contributed by atoms with Crippen LogP contribution in [0.4, 0.5) is 0 Å². The summed E-state index contributed by atoms with van der Waals surface area (Å²) >= 11 is 0. The second-order valence-corrected chi connectivity index (χ2v) is 7.19. The van der Waals surface area contributed by atoms with Gasteiger partial charge in [-0.1, -0.05) is 30.3 Å². The molecule has 2 aromatic carbocycles. The van der Waals surface area contributed by atoms with Crippen molar-refractivity contribution in [2.45, 2.75) is 31.7 Å². The van der Waals surface area contributed by atoms with Gasteiger partial charge in [0, 0.05) is 25.6 Å². The fourth-order valence-electron chi connectivity index (χ4n) is 3.49. The van der Waals surface area contributed by atoms with Gasteiger partial charge in [0.1, 0.15) is 0 Å². The van der Waals surface area contributed by atoms with Gasteiger partial charge in [-0.25, -0.2) is 0 Å². The molecule has 156 valence electrons. The van der Waals surface area contributed by atoms with Crippen molar-refractivity contribution in [2.75, 3.05) is 34.4 Å². The van der Waals surface area contributed by atoms with Gasteiger partial charge in [0.2, 0.25) is 5.75 Å². The molecule has 0 heterocycles. The molecular weight excluding hydrogens is 366 g/mol. The van der Waals surface area contributed by atoms with E-state index in [-0.39, 0.29) is 5.41 Å². The standard InChI is InChI=1S/C23H31N3O3/c1-5-29-21-19(27-3)13-17(14-20(21)28-4)15-25-22(24-2)26-16-23(11-12-23)18-9-7-6-8-10-18/h6-10,13-14H,5,11-12,15-16H2,1-4H3,(H2,24,25,26).